The third kappa shape index (κ3) is 3.85. The van der Waals surface area contributed by atoms with Crippen molar-refractivity contribution in [2.45, 2.75) is 25.4 Å². The average molecular weight is 214 g/mol. The molecule has 3 N–H and O–H groups in total. The van der Waals surface area contributed by atoms with Gasteiger partial charge in [0.15, 0.2) is 0 Å². The van der Waals surface area contributed by atoms with E-state index in [1.807, 2.05) is 0 Å². The van der Waals surface area contributed by atoms with E-state index in [4.69, 9.17) is 10.2 Å². The summed E-state index contributed by atoms with van der Waals surface area (Å²) in [7, 11) is 0. The number of hydrogen-bond acceptors (Lipinski definition) is 3. The van der Waals surface area contributed by atoms with Crippen LogP contribution in [-0.4, -0.2) is 28.0 Å². The van der Waals surface area contributed by atoms with Crippen LogP contribution in [0.5, 0.6) is 5.75 Å². The molecule has 0 aliphatic rings. The van der Waals surface area contributed by atoms with Gasteiger partial charge in [-0.25, -0.2) is 4.39 Å². The van der Waals surface area contributed by atoms with Crippen molar-refractivity contribution in [3.8, 4) is 5.75 Å². The minimum absolute atomic E-state index is 0.0647. The first-order valence-corrected chi connectivity index (χ1v) is 4.90. The molecule has 3 nitrogen and oxygen atoms in total. The molecular formula is C11H15FO3. The lowest BCUT2D eigenvalue weighted by molar-refractivity contribution is 0.0867. The van der Waals surface area contributed by atoms with Crippen molar-refractivity contribution >= 4 is 0 Å². The van der Waals surface area contributed by atoms with Crippen molar-refractivity contribution in [2.75, 3.05) is 6.61 Å². The topological polar surface area (TPSA) is 60.7 Å². The first kappa shape index (κ1) is 11.9. The van der Waals surface area contributed by atoms with Gasteiger partial charge in [0.25, 0.3) is 0 Å². The summed E-state index contributed by atoms with van der Waals surface area (Å²) in [6, 6.07) is 3.79. The number of hydrogen-bond donors (Lipinski definition) is 3. The molecule has 1 aromatic carbocycles. The molecule has 0 bridgehead atoms. The van der Waals surface area contributed by atoms with E-state index in [1.165, 1.54) is 18.2 Å². The average Bonchev–Trinajstić information content (AvgIpc) is 2.23. The minimum atomic E-state index is -0.735. The van der Waals surface area contributed by atoms with E-state index in [0.29, 0.717) is 24.8 Å². The molecule has 0 amide bonds. The standard InChI is InChI=1S/C11H15FO3/c12-9-4-5-11(15)8(6-9)2-1-3-10(14)7-13/h4-6,10,13-15H,1-3,7H2/t10-/m1/s1. The number of aliphatic hydroxyl groups is 2. The summed E-state index contributed by atoms with van der Waals surface area (Å²) < 4.78 is 12.8. The maximum Gasteiger partial charge on any atom is 0.123 e. The fourth-order valence-corrected chi connectivity index (χ4v) is 1.37. The monoisotopic (exact) mass is 214 g/mol. The minimum Gasteiger partial charge on any atom is -0.508 e. The SMILES string of the molecule is OC[C@H](O)CCCc1cc(F)ccc1O. The molecule has 15 heavy (non-hydrogen) atoms. The van der Waals surface area contributed by atoms with E-state index < -0.39 is 6.10 Å². The zero-order valence-corrected chi connectivity index (χ0v) is 8.36. The van der Waals surface area contributed by atoms with E-state index in [1.54, 1.807) is 0 Å². The maximum absolute atomic E-state index is 12.8. The van der Waals surface area contributed by atoms with Gasteiger partial charge in [-0.05, 0) is 43.0 Å². The first-order valence-electron chi connectivity index (χ1n) is 4.90. The lowest BCUT2D eigenvalue weighted by Crippen LogP contribution is -2.11. The normalized spacial score (nSPS) is 12.7. The Kier molecular flexibility index (Phi) is 4.52. The zero-order chi connectivity index (χ0) is 11.3. The van der Waals surface area contributed by atoms with Gasteiger partial charge in [0, 0.05) is 0 Å². The van der Waals surface area contributed by atoms with Gasteiger partial charge in [-0.1, -0.05) is 0 Å². The lowest BCUT2D eigenvalue weighted by Gasteiger charge is -2.07. The fraction of sp³-hybridized carbons (Fsp3) is 0.455. The van der Waals surface area contributed by atoms with Crippen LogP contribution in [0.4, 0.5) is 4.39 Å². The predicted octanol–water partition coefficient (Wildman–Crippen LogP) is 1.21. The van der Waals surface area contributed by atoms with E-state index in [-0.39, 0.29) is 18.2 Å². The number of aliphatic hydroxyl groups excluding tert-OH is 2. The molecule has 1 atom stereocenters. The van der Waals surface area contributed by atoms with Gasteiger partial charge in [0.05, 0.1) is 12.7 Å². The van der Waals surface area contributed by atoms with Gasteiger partial charge in [-0.15, -0.1) is 0 Å². The van der Waals surface area contributed by atoms with Crippen LogP contribution in [-0.2, 0) is 6.42 Å². The molecule has 0 unspecified atom stereocenters. The van der Waals surface area contributed by atoms with Crippen molar-refractivity contribution in [1.82, 2.24) is 0 Å². The Balaban J connectivity index is 2.46. The van der Waals surface area contributed by atoms with Crippen molar-refractivity contribution in [3.63, 3.8) is 0 Å². The number of phenols is 1. The molecule has 0 radical (unpaired) electrons. The van der Waals surface area contributed by atoms with Crippen LogP contribution >= 0.6 is 0 Å². The number of halogens is 1. The highest BCUT2D eigenvalue weighted by Crippen LogP contribution is 2.20. The van der Waals surface area contributed by atoms with E-state index >= 15 is 0 Å². The second kappa shape index (κ2) is 5.68. The highest BCUT2D eigenvalue weighted by atomic mass is 19.1. The predicted molar refractivity (Wildman–Crippen MR) is 54.1 cm³/mol. The number of aromatic hydroxyl groups is 1. The summed E-state index contributed by atoms with van der Waals surface area (Å²) in [4.78, 5) is 0. The molecule has 0 aromatic heterocycles. The van der Waals surface area contributed by atoms with E-state index in [9.17, 15) is 9.50 Å². The van der Waals surface area contributed by atoms with Gasteiger partial charge in [-0.2, -0.15) is 0 Å². The van der Waals surface area contributed by atoms with Crippen LogP contribution in [0.2, 0.25) is 0 Å². The summed E-state index contributed by atoms with van der Waals surface area (Å²) in [5.41, 5.74) is 0.528. The Hall–Kier alpha value is -1.13. The Labute approximate surface area is 87.8 Å². The van der Waals surface area contributed by atoms with Crippen molar-refractivity contribution < 1.29 is 19.7 Å². The molecule has 1 aromatic rings. The van der Waals surface area contributed by atoms with Crippen molar-refractivity contribution in [3.05, 3.63) is 29.6 Å². The van der Waals surface area contributed by atoms with Gasteiger partial charge >= 0.3 is 0 Å². The van der Waals surface area contributed by atoms with E-state index in [0.717, 1.165) is 0 Å². The molecule has 0 fully saturated rings. The summed E-state index contributed by atoms with van der Waals surface area (Å²) in [5, 5.41) is 27.0. The van der Waals surface area contributed by atoms with Crippen LogP contribution in [0.3, 0.4) is 0 Å². The number of phenolic OH excluding ortho intramolecular Hbond substituents is 1. The van der Waals surface area contributed by atoms with Crippen molar-refractivity contribution in [1.29, 1.82) is 0 Å². The first-order chi connectivity index (χ1) is 7.13. The maximum atomic E-state index is 12.8. The van der Waals surface area contributed by atoms with Crippen LogP contribution in [0.1, 0.15) is 18.4 Å². The fourth-order valence-electron chi connectivity index (χ4n) is 1.37. The van der Waals surface area contributed by atoms with Crippen LogP contribution in [0.25, 0.3) is 0 Å². The Morgan fingerprint density at radius 1 is 1.33 bits per heavy atom. The second-order valence-corrected chi connectivity index (χ2v) is 3.50. The number of benzene rings is 1. The van der Waals surface area contributed by atoms with Gasteiger partial charge in [-0.3, -0.25) is 0 Å². The van der Waals surface area contributed by atoms with Crippen LogP contribution < -0.4 is 0 Å². The van der Waals surface area contributed by atoms with Gasteiger partial charge < -0.3 is 15.3 Å². The molecule has 0 heterocycles. The largest absolute Gasteiger partial charge is 0.508 e. The Bertz CT molecular complexity index is 315. The number of aryl methyl sites for hydroxylation is 1. The molecule has 0 spiro atoms. The number of rotatable bonds is 5. The quantitative estimate of drug-likeness (QED) is 0.690. The molecule has 0 aliphatic heterocycles. The molecule has 84 valence electrons. The second-order valence-electron chi connectivity index (χ2n) is 3.50. The smallest absolute Gasteiger partial charge is 0.123 e. The van der Waals surface area contributed by atoms with Crippen LogP contribution in [0.15, 0.2) is 18.2 Å². The third-order valence-corrected chi connectivity index (χ3v) is 2.24. The zero-order valence-electron chi connectivity index (χ0n) is 8.36. The molecular weight excluding hydrogens is 199 g/mol. The van der Waals surface area contributed by atoms with Crippen LogP contribution in [0, 0.1) is 5.82 Å². The van der Waals surface area contributed by atoms with Gasteiger partial charge in [0.1, 0.15) is 11.6 Å². The van der Waals surface area contributed by atoms with Gasteiger partial charge in [0.2, 0.25) is 0 Å². The highest BCUT2D eigenvalue weighted by molar-refractivity contribution is 5.32. The molecule has 0 aliphatic carbocycles. The third-order valence-electron chi connectivity index (χ3n) is 2.24. The lowest BCUT2D eigenvalue weighted by atomic mass is 10.1. The Morgan fingerprint density at radius 2 is 2.07 bits per heavy atom. The summed E-state index contributed by atoms with van der Waals surface area (Å²) >= 11 is 0. The Morgan fingerprint density at radius 3 is 2.73 bits per heavy atom. The van der Waals surface area contributed by atoms with E-state index in [2.05, 4.69) is 0 Å². The molecule has 0 saturated heterocycles. The summed E-state index contributed by atoms with van der Waals surface area (Å²) in [5.74, 6) is -0.319. The molecule has 4 heteroatoms. The molecule has 0 saturated carbocycles. The van der Waals surface area contributed by atoms with Crippen molar-refractivity contribution in [2.24, 2.45) is 0 Å². The highest BCUT2D eigenvalue weighted by Gasteiger charge is 2.05. The summed E-state index contributed by atoms with van der Waals surface area (Å²) in [6.45, 7) is -0.269. The summed E-state index contributed by atoms with van der Waals surface area (Å²) in [6.07, 6.45) is 0.784. The molecule has 1 rings (SSSR count).